The highest BCUT2D eigenvalue weighted by Crippen LogP contribution is 2.48. The third-order valence-corrected chi connectivity index (χ3v) is 9.23. The number of hydrogen-bond donors (Lipinski definition) is 4. The van der Waals surface area contributed by atoms with E-state index < -0.39 is 38.0 Å². The molecule has 0 bridgehead atoms. The lowest BCUT2D eigenvalue weighted by atomic mass is 9.90. The van der Waals surface area contributed by atoms with E-state index in [0.717, 1.165) is 25.7 Å². The lowest BCUT2D eigenvalue weighted by Crippen LogP contribution is -2.25. The third-order valence-electron chi connectivity index (χ3n) is 6.46. The van der Waals surface area contributed by atoms with Gasteiger partial charge in [0.25, 0.3) is 0 Å². The van der Waals surface area contributed by atoms with E-state index in [4.69, 9.17) is 9.05 Å². The van der Waals surface area contributed by atoms with Crippen molar-refractivity contribution in [2.24, 2.45) is 0 Å². The SMILES string of the molecule is CC(CCCCC[S+]([O-])CCCCCC(C)(OP(=O)(O)O)c1ccccc1)(OP(=O)(O)O)c1ccccc1. The summed E-state index contributed by atoms with van der Waals surface area (Å²) in [7, 11) is -9.35. The second-order valence-corrected chi connectivity index (χ2v) is 13.9. The van der Waals surface area contributed by atoms with Crippen molar-refractivity contribution in [3.05, 3.63) is 71.8 Å². The van der Waals surface area contributed by atoms with Crippen molar-refractivity contribution in [1.29, 1.82) is 0 Å². The molecular formula is C26H40O9P2S. The van der Waals surface area contributed by atoms with Crippen molar-refractivity contribution in [1.82, 2.24) is 0 Å². The molecule has 2 atom stereocenters. The molecule has 2 aromatic rings. The molecule has 0 heterocycles. The number of unbranched alkanes of at least 4 members (excludes halogenated alkanes) is 4. The summed E-state index contributed by atoms with van der Waals surface area (Å²) >= 11 is -0.984. The second kappa shape index (κ2) is 15.1. The molecule has 0 aromatic heterocycles. The van der Waals surface area contributed by atoms with Crippen LogP contribution in [0.3, 0.4) is 0 Å². The highest BCUT2D eigenvalue weighted by atomic mass is 32.2. The molecule has 2 rings (SSSR count). The Morgan fingerprint density at radius 3 is 1.32 bits per heavy atom. The van der Waals surface area contributed by atoms with Crippen LogP contribution in [-0.4, -0.2) is 35.6 Å². The Morgan fingerprint density at radius 1 is 0.658 bits per heavy atom. The minimum Gasteiger partial charge on any atom is -0.616 e. The average Bonchev–Trinajstić information content (AvgIpc) is 2.82. The molecule has 0 radical (unpaired) electrons. The van der Waals surface area contributed by atoms with Gasteiger partial charge >= 0.3 is 15.6 Å². The summed E-state index contributed by atoms with van der Waals surface area (Å²) in [5, 5.41) is 0. The van der Waals surface area contributed by atoms with Crippen molar-refractivity contribution in [3.8, 4) is 0 Å². The zero-order valence-electron chi connectivity index (χ0n) is 22.0. The Morgan fingerprint density at radius 2 is 1.00 bits per heavy atom. The van der Waals surface area contributed by atoms with Crippen LogP contribution in [0.5, 0.6) is 0 Å². The Kier molecular flexibility index (Phi) is 13.2. The van der Waals surface area contributed by atoms with Gasteiger partial charge in [0.2, 0.25) is 0 Å². The highest BCUT2D eigenvalue weighted by molar-refractivity contribution is 7.91. The zero-order chi connectivity index (χ0) is 28.3. The van der Waals surface area contributed by atoms with Gasteiger partial charge in [-0.15, -0.1) is 0 Å². The molecule has 0 fully saturated rings. The second-order valence-electron chi connectivity index (χ2n) is 9.83. The number of phosphoric ester groups is 2. The number of hydrogen-bond acceptors (Lipinski definition) is 5. The minimum atomic E-state index is -4.68. The van der Waals surface area contributed by atoms with Gasteiger partial charge in [0.1, 0.15) is 22.7 Å². The quantitative estimate of drug-likeness (QED) is 0.0942. The fourth-order valence-electron chi connectivity index (χ4n) is 4.50. The molecule has 4 N–H and O–H groups in total. The average molecular weight is 591 g/mol. The fraction of sp³-hybridized carbons (Fsp3) is 0.538. The van der Waals surface area contributed by atoms with Crippen molar-refractivity contribution in [2.75, 3.05) is 11.5 Å². The van der Waals surface area contributed by atoms with E-state index in [2.05, 4.69) is 0 Å². The molecule has 2 aromatic carbocycles. The molecule has 0 saturated carbocycles. The summed E-state index contributed by atoms with van der Waals surface area (Å²) in [5.41, 5.74) is -0.836. The highest BCUT2D eigenvalue weighted by Gasteiger charge is 2.35. The van der Waals surface area contributed by atoms with Crippen LogP contribution in [0.4, 0.5) is 0 Å². The van der Waals surface area contributed by atoms with Crippen molar-refractivity contribution < 1.29 is 42.3 Å². The molecule has 214 valence electrons. The summed E-state index contributed by atoms with van der Waals surface area (Å²) in [5.74, 6) is 1.09. The first-order valence-electron chi connectivity index (χ1n) is 12.7. The Balaban J connectivity index is 1.71. The summed E-state index contributed by atoms with van der Waals surface area (Å²) in [6, 6.07) is 18.0. The van der Waals surface area contributed by atoms with E-state index in [9.17, 15) is 33.3 Å². The first-order valence-corrected chi connectivity index (χ1v) is 17.3. The topological polar surface area (TPSA) is 157 Å². The Labute approximate surface area is 228 Å². The molecular weight excluding hydrogens is 550 g/mol. The summed E-state index contributed by atoms with van der Waals surface area (Å²) in [6.45, 7) is 3.35. The zero-order valence-corrected chi connectivity index (χ0v) is 24.6. The van der Waals surface area contributed by atoms with E-state index in [0.29, 0.717) is 48.3 Å². The van der Waals surface area contributed by atoms with Crippen molar-refractivity contribution in [3.63, 3.8) is 0 Å². The van der Waals surface area contributed by atoms with Crippen LogP contribution < -0.4 is 0 Å². The van der Waals surface area contributed by atoms with E-state index >= 15 is 0 Å². The lowest BCUT2D eigenvalue weighted by Gasteiger charge is -2.30. The predicted octanol–water partition coefficient (Wildman–Crippen LogP) is 5.91. The summed E-state index contributed by atoms with van der Waals surface area (Å²) in [6.07, 6.45) is 5.16. The summed E-state index contributed by atoms with van der Waals surface area (Å²) < 4.78 is 45.8. The molecule has 38 heavy (non-hydrogen) atoms. The third kappa shape index (κ3) is 12.4. The normalized spacial score (nSPS) is 16.5. The van der Waals surface area contributed by atoms with E-state index in [1.165, 1.54) is 0 Å². The molecule has 0 aliphatic rings. The van der Waals surface area contributed by atoms with Crippen molar-refractivity contribution >= 4 is 26.8 Å². The van der Waals surface area contributed by atoms with Crippen LogP contribution in [0.15, 0.2) is 60.7 Å². The van der Waals surface area contributed by atoms with Gasteiger partial charge in [0.05, 0.1) is 0 Å². The smallest absolute Gasteiger partial charge is 0.470 e. The monoisotopic (exact) mass is 590 g/mol. The van der Waals surface area contributed by atoms with Crippen LogP contribution in [0.25, 0.3) is 0 Å². The molecule has 9 nitrogen and oxygen atoms in total. The molecule has 0 aliphatic carbocycles. The van der Waals surface area contributed by atoms with Gasteiger partial charge in [0, 0.05) is 0 Å². The van der Waals surface area contributed by atoms with Gasteiger partial charge in [-0.2, -0.15) is 0 Å². The standard InChI is InChI=1S/C26H40O9P2S/c1-25(34-36(27,28)29,23-15-7-3-8-16-23)19-11-5-13-21-38(33)22-14-6-12-20-26(2,35-37(30,31)32)24-17-9-4-10-18-24/h3-4,7-10,15-18H,5-6,11-14,19-22H2,1-2H3,(H2,27,28,29)(H2,30,31,32). The fourth-order valence-corrected chi connectivity index (χ4v) is 7.20. The van der Waals surface area contributed by atoms with Gasteiger partial charge in [-0.1, -0.05) is 84.7 Å². The minimum absolute atomic E-state index is 0.422. The van der Waals surface area contributed by atoms with Crippen molar-refractivity contribution in [2.45, 2.75) is 76.4 Å². The molecule has 2 unspecified atom stereocenters. The lowest BCUT2D eigenvalue weighted by molar-refractivity contribution is 0.0357. The molecule has 0 saturated heterocycles. The number of rotatable bonds is 18. The first-order chi connectivity index (χ1) is 17.7. The largest absolute Gasteiger partial charge is 0.616 e. The number of phosphoric acid groups is 2. The molecule has 0 aliphatic heterocycles. The maximum absolute atomic E-state index is 12.4. The van der Waals surface area contributed by atoms with Crippen LogP contribution in [0.2, 0.25) is 0 Å². The maximum Gasteiger partial charge on any atom is 0.470 e. The van der Waals surface area contributed by atoms with Crippen LogP contribution >= 0.6 is 15.6 Å². The van der Waals surface area contributed by atoms with Gasteiger partial charge in [-0.3, -0.25) is 9.05 Å². The Hall–Kier alpha value is -1.03. The summed E-state index contributed by atoms with van der Waals surface area (Å²) in [4.78, 5) is 37.5. The first kappa shape index (κ1) is 33.2. The maximum atomic E-state index is 12.4. The Bertz CT molecular complexity index is 964. The predicted molar refractivity (Wildman–Crippen MR) is 149 cm³/mol. The van der Waals surface area contributed by atoms with Crippen LogP contribution in [0, 0.1) is 0 Å². The van der Waals surface area contributed by atoms with Crippen LogP contribution in [0.1, 0.15) is 76.3 Å². The molecule has 0 spiro atoms. The van der Waals surface area contributed by atoms with E-state index in [1.807, 2.05) is 12.1 Å². The number of benzene rings is 2. The van der Waals surface area contributed by atoms with Gasteiger partial charge in [-0.05, 0) is 63.5 Å². The van der Waals surface area contributed by atoms with Gasteiger partial charge < -0.3 is 24.1 Å². The van der Waals surface area contributed by atoms with Gasteiger partial charge in [0.15, 0.2) is 0 Å². The molecule has 12 heteroatoms. The van der Waals surface area contributed by atoms with E-state index in [1.54, 1.807) is 62.4 Å². The van der Waals surface area contributed by atoms with E-state index in [-0.39, 0.29) is 0 Å². The molecule has 0 amide bonds. The van der Waals surface area contributed by atoms with Crippen LogP contribution in [-0.2, 0) is 40.6 Å². The van der Waals surface area contributed by atoms with Gasteiger partial charge in [-0.25, -0.2) is 9.13 Å².